The maximum atomic E-state index is 12.5. The highest BCUT2D eigenvalue weighted by Crippen LogP contribution is 2.24. The number of amides is 2. The predicted molar refractivity (Wildman–Crippen MR) is 88.6 cm³/mol. The number of piperazine rings is 1. The van der Waals surface area contributed by atoms with Crippen LogP contribution in [0.25, 0.3) is 0 Å². The number of aliphatic hydroxyl groups excluding tert-OH is 1. The zero-order chi connectivity index (χ0) is 17.5. The summed E-state index contributed by atoms with van der Waals surface area (Å²) in [6.07, 6.45) is 0.124. The molecule has 2 amide bonds. The number of fused-ring (bicyclic) bond motifs is 1. The summed E-state index contributed by atoms with van der Waals surface area (Å²) in [7, 11) is 0. The van der Waals surface area contributed by atoms with E-state index in [-0.39, 0.29) is 17.4 Å². The second-order valence-electron chi connectivity index (χ2n) is 7.46. The molecule has 6 nitrogen and oxygen atoms in total. The van der Waals surface area contributed by atoms with Crippen LogP contribution in [0.2, 0.25) is 0 Å². The van der Waals surface area contributed by atoms with Gasteiger partial charge in [0.05, 0.1) is 6.10 Å². The SMILES string of the molecule is CC(C)(C)Oc1ccc(C[C@H]2NC(=O)[C@@H]3[C@H](O)CCN3C2=O)cc1. The number of benzene rings is 1. The first-order valence-electron chi connectivity index (χ1n) is 8.31. The van der Waals surface area contributed by atoms with E-state index in [0.717, 1.165) is 11.3 Å². The minimum atomic E-state index is -0.760. The molecule has 0 spiro atoms. The fourth-order valence-corrected chi connectivity index (χ4v) is 3.28. The number of ether oxygens (including phenoxy) is 1. The smallest absolute Gasteiger partial charge is 0.246 e. The number of aliphatic hydroxyl groups is 1. The summed E-state index contributed by atoms with van der Waals surface area (Å²) in [4.78, 5) is 26.2. The topological polar surface area (TPSA) is 78.9 Å². The number of rotatable bonds is 3. The van der Waals surface area contributed by atoms with Crippen molar-refractivity contribution in [2.24, 2.45) is 0 Å². The van der Waals surface area contributed by atoms with E-state index < -0.39 is 18.2 Å². The normalized spacial score (nSPS) is 27.0. The van der Waals surface area contributed by atoms with Crippen molar-refractivity contribution in [3.63, 3.8) is 0 Å². The summed E-state index contributed by atoms with van der Waals surface area (Å²) in [5.74, 6) is 0.386. The second-order valence-corrected chi connectivity index (χ2v) is 7.46. The van der Waals surface area contributed by atoms with Gasteiger partial charge in [-0.05, 0) is 44.9 Å². The summed E-state index contributed by atoms with van der Waals surface area (Å²) in [5.41, 5.74) is 0.688. The first kappa shape index (κ1) is 16.8. The first-order chi connectivity index (χ1) is 11.2. The molecule has 0 bridgehead atoms. The molecule has 130 valence electrons. The van der Waals surface area contributed by atoms with Crippen molar-refractivity contribution in [1.82, 2.24) is 10.2 Å². The Bertz CT molecular complexity index is 635. The van der Waals surface area contributed by atoms with E-state index in [4.69, 9.17) is 4.74 Å². The van der Waals surface area contributed by atoms with Crippen LogP contribution >= 0.6 is 0 Å². The van der Waals surface area contributed by atoms with Crippen molar-refractivity contribution in [3.8, 4) is 5.75 Å². The summed E-state index contributed by atoms with van der Waals surface area (Å²) >= 11 is 0. The van der Waals surface area contributed by atoms with Crippen LogP contribution in [-0.2, 0) is 16.0 Å². The first-order valence-corrected chi connectivity index (χ1v) is 8.31. The Morgan fingerprint density at radius 3 is 2.54 bits per heavy atom. The number of hydrogen-bond donors (Lipinski definition) is 2. The highest BCUT2D eigenvalue weighted by molar-refractivity contribution is 5.98. The molecule has 1 aromatic rings. The molecule has 3 rings (SSSR count). The quantitative estimate of drug-likeness (QED) is 0.861. The molecule has 24 heavy (non-hydrogen) atoms. The lowest BCUT2D eigenvalue weighted by atomic mass is 10.00. The maximum Gasteiger partial charge on any atom is 0.246 e. The van der Waals surface area contributed by atoms with Crippen molar-refractivity contribution in [2.45, 2.75) is 57.4 Å². The molecule has 3 atom stereocenters. The molecule has 1 aromatic carbocycles. The van der Waals surface area contributed by atoms with Gasteiger partial charge >= 0.3 is 0 Å². The van der Waals surface area contributed by atoms with E-state index in [1.807, 2.05) is 45.0 Å². The molecule has 2 heterocycles. The molecule has 0 unspecified atom stereocenters. The molecule has 2 saturated heterocycles. The molecular formula is C18H24N2O4. The van der Waals surface area contributed by atoms with Gasteiger partial charge in [0.25, 0.3) is 0 Å². The number of nitrogens with zero attached hydrogens (tertiary/aromatic N) is 1. The fraction of sp³-hybridized carbons (Fsp3) is 0.556. The fourth-order valence-electron chi connectivity index (χ4n) is 3.28. The summed E-state index contributed by atoms with van der Waals surface area (Å²) in [5, 5.41) is 12.6. The van der Waals surface area contributed by atoms with Crippen LogP contribution in [0.5, 0.6) is 5.75 Å². The summed E-state index contributed by atoms with van der Waals surface area (Å²) in [6.45, 7) is 6.39. The van der Waals surface area contributed by atoms with Crippen molar-refractivity contribution < 1.29 is 19.4 Å². The Morgan fingerprint density at radius 1 is 1.25 bits per heavy atom. The second kappa shape index (κ2) is 6.09. The predicted octanol–water partition coefficient (Wildman–Crippen LogP) is 0.867. The van der Waals surface area contributed by atoms with Gasteiger partial charge in [-0.2, -0.15) is 0 Å². The van der Waals surface area contributed by atoms with Crippen LogP contribution in [0.3, 0.4) is 0 Å². The average molecular weight is 332 g/mol. The lowest BCUT2D eigenvalue weighted by molar-refractivity contribution is -0.149. The van der Waals surface area contributed by atoms with Crippen LogP contribution < -0.4 is 10.1 Å². The molecule has 0 radical (unpaired) electrons. The van der Waals surface area contributed by atoms with Gasteiger partial charge in [0.1, 0.15) is 23.4 Å². The molecule has 2 aliphatic rings. The van der Waals surface area contributed by atoms with E-state index in [0.29, 0.717) is 19.4 Å². The minimum Gasteiger partial charge on any atom is -0.488 e. The Hall–Kier alpha value is -2.08. The Morgan fingerprint density at radius 2 is 1.92 bits per heavy atom. The molecule has 2 N–H and O–H groups in total. The molecule has 0 aromatic heterocycles. The van der Waals surface area contributed by atoms with E-state index in [2.05, 4.69) is 5.32 Å². The Kier molecular flexibility index (Phi) is 4.25. The van der Waals surface area contributed by atoms with Gasteiger partial charge < -0.3 is 20.1 Å². The number of carbonyl (C=O) groups is 2. The summed E-state index contributed by atoms with van der Waals surface area (Å²) < 4.78 is 5.78. The van der Waals surface area contributed by atoms with E-state index in [9.17, 15) is 14.7 Å². The zero-order valence-corrected chi connectivity index (χ0v) is 14.3. The van der Waals surface area contributed by atoms with Crippen LogP contribution in [0.1, 0.15) is 32.8 Å². The lowest BCUT2D eigenvalue weighted by Gasteiger charge is -2.35. The molecule has 2 fully saturated rings. The van der Waals surface area contributed by atoms with Crippen LogP contribution in [0.4, 0.5) is 0 Å². The van der Waals surface area contributed by atoms with Gasteiger partial charge in [-0.3, -0.25) is 9.59 Å². The van der Waals surface area contributed by atoms with E-state index in [1.54, 1.807) is 0 Å². The van der Waals surface area contributed by atoms with E-state index in [1.165, 1.54) is 4.90 Å². The summed E-state index contributed by atoms with van der Waals surface area (Å²) in [6, 6.07) is 6.26. The van der Waals surface area contributed by atoms with Gasteiger partial charge in [-0.1, -0.05) is 12.1 Å². The monoisotopic (exact) mass is 332 g/mol. The number of hydrogen-bond acceptors (Lipinski definition) is 4. The van der Waals surface area contributed by atoms with Crippen molar-refractivity contribution >= 4 is 11.8 Å². The van der Waals surface area contributed by atoms with Crippen molar-refractivity contribution in [2.75, 3.05) is 6.54 Å². The molecule has 0 aliphatic carbocycles. The highest BCUT2D eigenvalue weighted by atomic mass is 16.5. The van der Waals surface area contributed by atoms with Crippen molar-refractivity contribution in [1.29, 1.82) is 0 Å². The van der Waals surface area contributed by atoms with Gasteiger partial charge in [-0.25, -0.2) is 0 Å². The van der Waals surface area contributed by atoms with Gasteiger partial charge in [0.15, 0.2) is 0 Å². The van der Waals surface area contributed by atoms with Crippen LogP contribution in [-0.4, -0.2) is 52.2 Å². The van der Waals surface area contributed by atoms with Gasteiger partial charge in [0, 0.05) is 13.0 Å². The molecule has 0 saturated carbocycles. The molecule has 2 aliphatic heterocycles. The van der Waals surface area contributed by atoms with E-state index >= 15 is 0 Å². The zero-order valence-electron chi connectivity index (χ0n) is 14.3. The highest BCUT2D eigenvalue weighted by Gasteiger charge is 2.47. The maximum absolute atomic E-state index is 12.5. The Balaban J connectivity index is 1.68. The third kappa shape index (κ3) is 3.38. The van der Waals surface area contributed by atoms with Gasteiger partial charge in [0.2, 0.25) is 11.8 Å². The van der Waals surface area contributed by atoms with Crippen LogP contribution in [0.15, 0.2) is 24.3 Å². The minimum absolute atomic E-state index is 0.119. The largest absolute Gasteiger partial charge is 0.488 e. The van der Waals surface area contributed by atoms with Crippen molar-refractivity contribution in [3.05, 3.63) is 29.8 Å². The lowest BCUT2D eigenvalue weighted by Crippen LogP contribution is -2.63. The molecule has 6 heteroatoms. The molecular weight excluding hydrogens is 308 g/mol. The third-order valence-electron chi connectivity index (χ3n) is 4.32. The van der Waals surface area contributed by atoms with Gasteiger partial charge in [-0.15, -0.1) is 0 Å². The number of carbonyl (C=O) groups excluding carboxylic acids is 2. The third-order valence-corrected chi connectivity index (χ3v) is 4.32. The average Bonchev–Trinajstić information content (AvgIpc) is 2.88. The van der Waals surface area contributed by atoms with Crippen LogP contribution in [0, 0.1) is 0 Å². The Labute approximate surface area is 141 Å². The standard InChI is InChI=1S/C18H24N2O4/c1-18(2,3)24-12-6-4-11(5-7-12)10-13-17(23)20-9-8-14(21)15(20)16(22)19-13/h4-7,13-15,21H,8-10H2,1-3H3,(H,19,22)/t13-,14-,15+/m1/s1. The number of nitrogens with one attached hydrogen (secondary N) is 1.